The Balaban J connectivity index is 2.12. The highest BCUT2D eigenvalue weighted by atomic mass is 32.1. The molecular formula is C9H15N3OS. The van der Waals surface area contributed by atoms with E-state index in [1.54, 1.807) is 7.11 Å². The number of nitrogens with zero attached hydrogens (tertiary/aromatic N) is 2. The third kappa shape index (κ3) is 1.77. The summed E-state index contributed by atoms with van der Waals surface area (Å²) in [6.07, 6.45) is 2.70. The van der Waals surface area contributed by atoms with Crippen LogP contribution in [0.2, 0.25) is 0 Å². The maximum atomic E-state index is 5.68. The second-order valence-electron chi connectivity index (χ2n) is 3.73. The van der Waals surface area contributed by atoms with Gasteiger partial charge in [-0.1, -0.05) is 0 Å². The molecule has 1 aromatic rings. The van der Waals surface area contributed by atoms with Crippen molar-refractivity contribution in [3.05, 3.63) is 0 Å². The lowest BCUT2D eigenvalue weighted by Gasteiger charge is -2.17. The van der Waals surface area contributed by atoms with Gasteiger partial charge in [0.1, 0.15) is 0 Å². The summed E-state index contributed by atoms with van der Waals surface area (Å²) in [5.74, 6) is 2.07. The van der Waals surface area contributed by atoms with Gasteiger partial charge in [0.2, 0.25) is 0 Å². The predicted molar refractivity (Wildman–Crippen MR) is 59.1 cm³/mol. The summed E-state index contributed by atoms with van der Waals surface area (Å²) < 4.78 is 9.31. The smallest absolute Gasteiger partial charge is 0.197 e. The van der Waals surface area contributed by atoms with Crippen molar-refractivity contribution in [2.45, 2.75) is 12.8 Å². The van der Waals surface area contributed by atoms with Crippen molar-refractivity contribution >= 4 is 22.4 Å². The van der Waals surface area contributed by atoms with Gasteiger partial charge in [-0.15, -0.1) is 0 Å². The molecule has 2 rings (SSSR count). The zero-order chi connectivity index (χ0) is 10.1. The van der Waals surface area contributed by atoms with Crippen LogP contribution in [-0.4, -0.2) is 25.1 Å². The molecule has 1 fully saturated rings. The van der Waals surface area contributed by atoms with Crippen molar-refractivity contribution in [1.29, 1.82) is 0 Å². The van der Waals surface area contributed by atoms with Crippen LogP contribution in [0.25, 0.3) is 0 Å². The molecule has 14 heavy (non-hydrogen) atoms. The highest BCUT2D eigenvalue weighted by molar-refractivity contribution is 7.11. The zero-order valence-electron chi connectivity index (χ0n) is 8.49. The Morgan fingerprint density at radius 2 is 2.36 bits per heavy atom. The predicted octanol–water partition coefficient (Wildman–Crippen LogP) is 1.58. The number of rotatable bonds is 4. The van der Waals surface area contributed by atoms with Gasteiger partial charge < -0.3 is 15.4 Å². The molecule has 1 aliphatic carbocycles. The van der Waals surface area contributed by atoms with Crippen molar-refractivity contribution in [3.8, 4) is 5.75 Å². The fourth-order valence-electron chi connectivity index (χ4n) is 1.49. The number of ether oxygens (including phenoxy) is 1. The van der Waals surface area contributed by atoms with E-state index in [2.05, 4.69) is 16.3 Å². The molecule has 4 nitrogen and oxygen atoms in total. The standard InChI is InChI=1S/C9H15N3OS/c1-12(5-6-3-4-6)9-7(13-2)8(10)11-14-9/h6H,3-5H2,1-2H3,(H2,10,11). The SMILES string of the molecule is COc1c(N)nsc1N(C)CC1CC1. The van der Waals surface area contributed by atoms with Crippen LogP contribution < -0.4 is 15.4 Å². The van der Waals surface area contributed by atoms with Crippen LogP contribution in [0, 0.1) is 5.92 Å². The van der Waals surface area contributed by atoms with Crippen LogP contribution in [0.5, 0.6) is 5.75 Å². The fourth-order valence-corrected chi connectivity index (χ4v) is 2.24. The molecule has 1 heterocycles. The normalized spacial score (nSPS) is 15.6. The summed E-state index contributed by atoms with van der Waals surface area (Å²) in [5, 5.41) is 1.04. The highest BCUT2D eigenvalue weighted by Crippen LogP contribution is 2.39. The molecule has 0 amide bonds. The molecule has 0 bridgehead atoms. The Labute approximate surface area is 87.8 Å². The van der Waals surface area contributed by atoms with Gasteiger partial charge >= 0.3 is 0 Å². The van der Waals surface area contributed by atoms with Crippen LogP contribution in [0.3, 0.4) is 0 Å². The van der Waals surface area contributed by atoms with Crippen molar-refractivity contribution in [2.75, 3.05) is 31.3 Å². The number of aromatic nitrogens is 1. The van der Waals surface area contributed by atoms with E-state index in [0.717, 1.165) is 23.2 Å². The van der Waals surface area contributed by atoms with Crippen molar-refractivity contribution in [3.63, 3.8) is 0 Å². The first-order valence-corrected chi connectivity index (χ1v) is 5.50. The largest absolute Gasteiger partial charge is 0.490 e. The lowest BCUT2D eigenvalue weighted by Crippen LogP contribution is -2.19. The van der Waals surface area contributed by atoms with E-state index in [0.29, 0.717) is 5.82 Å². The molecule has 1 aromatic heterocycles. The van der Waals surface area contributed by atoms with Gasteiger partial charge in [0.25, 0.3) is 0 Å². The van der Waals surface area contributed by atoms with Crippen LogP contribution in [-0.2, 0) is 0 Å². The molecule has 0 unspecified atom stereocenters. The third-order valence-electron chi connectivity index (χ3n) is 2.44. The molecule has 0 aliphatic heterocycles. The van der Waals surface area contributed by atoms with Gasteiger partial charge in [-0.25, -0.2) is 0 Å². The first-order valence-electron chi connectivity index (χ1n) is 4.72. The molecule has 78 valence electrons. The maximum absolute atomic E-state index is 5.68. The Morgan fingerprint density at radius 1 is 1.64 bits per heavy atom. The van der Waals surface area contributed by atoms with Crippen molar-refractivity contribution in [1.82, 2.24) is 4.37 Å². The molecule has 1 saturated carbocycles. The van der Waals surface area contributed by atoms with E-state index in [1.807, 2.05) is 0 Å². The highest BCUT2D eigenvalue weighted by Gasteiger charge is 2.25. The summed E-state index contributed by atoms with van der Waals surface area (Å²) in [4.78, 5) is 2.19. The average Bonchev–Trinajstić information content (AvgIpc) is 2.88. The Hall–Kier alpha value is -0.970. The molecule has 1 aliphatic rings. The first-order chi connectivity index (χ1) is 6.72. The number of nitrogen functional groups attached to an aromatic ring is 1. The Morgan fingerprint density at radius 3 is 2.93 bits per heavy atom. The molecule has 5 heteroatoms. The number of methoxy groups -OCH3 is 1. The van der Waals surface area contributed by atoms with E-state index < -0.39 is 0 Å². The maximum Gasteiger partial charge on any atom is 0.197 e. The molecule has 0 atom stereocenters. The van der Waals surface area contributed by atoms with Crippen LogP contribution >= 0.6 is 11.5 Å². The minimum Gasteiger partial charge on any atom is -0.490 e. The second kappa shape index (κ2) is 3.65. The van der Waals surface area contributed by atoms with Gasteiger partial charge in [-0.05, 0) is 30.3 Å². The molecule has 0 radical (unpaired) electrons. The summed E-state index contributed by atoms with van der Waals surface area (Å²) in [6, 6.07) is 0. The minimum absolute atomic E-state index is 0.496. The van der Waals surface area contributed by atoms with Crippen LogP contribution in [0.1, 0.15) is 12.8 Å². The average molecular weight is 213 g/mol. The zero-order valence-corrected chi connectivity index (χ0v) is 9.30. The molecule has 2 N–H and O–H groups in total. The quantitative estimate of drug-likeness (QED) is 0.825. The van der Waals surface area contributed by atoms with E-state index in [4.69, 9.17) is 10.5 Å². The molecule has 0 aromatic carbocycles. The number of nitrogens with two attached hydrogens (primary N) is 1. The minimum atomic E-state index is 0.496. The second-order valence-corrected chi connectivity index (χ2v) is 4.48. The summed E-state index contributed by atoms with van der Waals surface area (Å²) in [6.45, 7) is 1.08. The van der Waals surface area contributed by atoms with E-state index in [9.17, 15) is 0 Å². The topological polar surface area (TPSA) is 51.4 Å². The summed E-state index contributed by atoms with van der Waals surface area (Å²) >= 11 is 1.40. The van der Waals surface area contributed by atoms with E-state index in [1.165, 1.54) is 24.4 Å². The number of hydrogen-bond acceptors (Lipinski definition) is 5. The van der Waals surface area contributed by atoms with Crippen LogP contribution in [0.15, 0.2) is 0 Å². The van der Waals surface area contributed by atoms with Gasteiger partial charge in [-0.2, -0.15) is 4.37 Å². The van der Waals surface area contributed by atoms with Crippen molar-refractivity contribution < 1.29 is 4.74 Å². The van der Waals surface area contributed by atoms with Crippen LogP contribution in [0.4, 0.5) is 10.8 Å². The van der Waals surface area contributed by atoms with Gasteiger partial charge in [0.15, 0.2) is 16.6 Å². The summed E-state index contributed by atoms with van der Waals surface area (Å²) in [5.41, 5.74) is 5.68. The van der Waals surface area contributed by atoms with Crippen molar-refractivity contribution in [2.24, 2.45) is 5.92 Å². The first kappa shape index (κ1) is 9.58. The fraction of sp³-hybridized carbons (Fsp3) is 0.667. The number of hydrogen-bond donors (Lipinski definition) is 1. The van der Waals surface area contributed by atoms with Gasteiger partial charge in [-0.3, -0.25) is 0 Å². The van der Waals surface area contributed by atoms with E-state index >= 15 is 0 Å². The molecule has 0 saturated heterocycles. The lowest BCUT2D eigenvalue weighted by molar-refractivity contribution is 0.418. The monoisotopic (exact) mass is 213 g/mol. The Kier molecular flexibility index (Phi) is 2.50. The molecule has 0 spiro atoms. The summed E-state index contributed by atoms with van der Waals surface area (Å²) in [7, 11) is 3.70. The van der Waals surface area contributed by atoms with E-state index in [-0.39, 0.29) is 0 Å². The number of anilines is 2. The van der Waals surface area contributed by atoms with Gasteiger partial charge in [0, 0.05) is 13.6 Å². The Bertz CT molecular complexity index is 322. The van der Waals surface area contributed by atoms with Gasteiger partial charge in [0.05, 0.1) is 7.11 Å². The molecular weight excluding hydrogens is 198 g/mol. The third-order valence-corrected chi connectivity index (χ3v) is 3.40. The lowest BCUT2D eigenvalue weighted by atomic mass is 10.4.